The first kappa shape index (κ1) is 49.4. The summed E-state index contributed by atoms with van der Waals surface area (Å²) in [6, 6.07) is 21.1. The van der Waals surface area contributed by atoms with Gasteiger partial charge in [0.25, 0.3) is 0 Å². The Hall–Kier alpha value is -6.49. The highest BCUT2D eigenvalue weighted by Gasteiger charge is 2.58. The first-order valence-corrected chi connectivity index (χ1v) is 21.7. The molecule has 0 radical (unpaired) electrons. The van der Waals surface area contributed by atoms with Crippen molar-refractivity contribution in [3.05, 3.63) is 95.6 Å². The molecule has 0 spiro atoms. The molecule has 0 bridgehead atoms. The molecule has 1 unspecified atom stereocenters. The highest BCUT2D eigenvalue weighted by atomic mass is 16.8. The minimum absolute atomic E-state index is 0.102. The summed E-state index contributed by atoms with van der Waals surface area (Å²) in [5.41, 5.74) is 4.48. The molecule has 3 heterocycles. The number of amides is 2. The molecule has 0 saturated carbocycles. The monoisotopic (exact) mass is 948 g/mol. The van der Waals surface area contributed by atoms with E-state index >= 15 is 0 Å². The average Bonchev–Trinajstić information content (AvgIpc) is 3.61. The van der Waals surface area contributed by atoms with E-state index in [0.717, 1.165) is 49.9 Å². The number of fused-ring (bicyclic) bond motifs is 4. The highest BCUT2D eigenvalue weighted by Crippen LogP contribution is 2.45. The Balaban J connectivity index is 1.16. The lowest BCUT2D eigenvalue weighted by molar-refractivity contribution is -0.378. The summed E-state index contributed by atoms with van der Waals surface area (Å²) in [6.07, 6.45) is -15.3. The molecule has 21 nitrogen and oxygen atoms in total. The SMILES string of the molecule is CC(=O)N[C@H]1[C@@H](OC[C@H](NC(=O)OCC2c3ccccc3-c3ccccc32)C(=O)O)O[C@@H]2COC(c3ccccc3)O[C@@H]2[C@@H]1O[C@@H]1O[C@H](COC(C)=O)[C@H](OC(C)=O)[C@H](OC(C)=O)[C@H]1OC(C)=O. The van der Waals surface area contributed by atoms with Crippen molar-refractivity contribution in [2.75, 3.05) is 26.4 Å². The van der Waals surface area contributed by atoms with Crippen molar-refractivity contribution < 1.29 is 90.8 Å². The van der Waals surface area contributed by atoms with Gasteiger partial charge in [0.05, 0.1) is 13.2 Å². The van der Waals surface area contributed by atoms with E-state index in [1.54, 1.807) is 30.3 Å². The van der Waals surface area contributed by atoms with Crippen LogP contribution in [-0.2, 0) is 80.9 Å². The van der Waals surface area contributed by atoms with E-state index in [4.69, 9.17) is 52.1 Å². The minimum atomic E-state index is -1.76. The maximum Gasteiger partial charge on any atom is 0.407 e. The minimum Gasteiger partial charge on any atom is -0.480 e. The van der Waals surface area contributed by atoms with Gasteiger partial charge in [0.2, 0.25) is 5.91 Å². The number of alkyl carbamates (subject to hydrolysis) is 1. The fourth-order valence-electron chi connectivity index (χ4n) is 8.64. The molecule has 12 atom stereocenters. The molecule has 3 saturated heterocycles. The molecule has 0 aromatic heterocycles. The summed E-state index contributed by atoms with van der Waals surface area (Å²) in [6.45, 7) is 3.93. The number of nitrogens with one attached hydrogen (secondary N) is 2. The molecule has 7 rings (SSSR count). The molecular weight excluding hydrogens is 897 g/mol. The number of rotatable bonds is 16. The van der Waals surface area contributed by atoms with Crippen molar-refractivity contribution in [3.8, 4) is 11.1 Å². The maximum absolute atomic E-state index is 13.3. The van der Waals surface area contributed by atoms with Gasteiger partial charge >= 0.3 is 35.9 Å². The zero-order valence-electron chi connectivity index (χ0n) is 37.6. The summed E-state index contributed by atoms with van der Waals surface area (Å²) in [5.74, 6) is -5.82. The predicted molar refractivity (Wildman–Crippen MR) is 229 cm³/mol. The lowest BCUT2D eigenvalue weighted by atomic mass is 9.94. The lowest BCUT2D eigenvalue weighted by Crippen LogP contribution is -2.70. The van der Waals surface area contributed by atoms with Gasteiger partial charge in [-0.15, -0.1) is 0 Å². The Morgan fingerprint density at radius 3 is 1.87 bits per heavy atom. The molecule has 21 heteroatoms. The van der Waals surface area contributed by atoms with Crippen molar-refractivity contribution in [1.29, 1.82) is 0 Å². The summed E-state index contributed by atoms with van der Waals surface area (Å²) >= 11 is 0. The number of carbonyl (C=O) groups excluding carboxylic acids is 6. The molecule has 3 aromatic rings. The quantitative estimate of drug-likeness (QED) is 0.138. The van der Waals surface area contributed by atoms with E-state index in [1.807, 2.05) is 48.5 Å². The molecule has 4 aliphatic rings. The van der Waals surface area contributed by atoms with Gasteiger partial charge in [0, 0.05) is 46.1 Å². The van der Waals surface area contributed by atoms with E-state index < -0.39 is 129 Å². The van der Waals surface area contributed by atoms with E-state index in [9.17, 15) is 38.7 Å². The molecular formula is C47H52N2O19. The third-order valence-electron chi connectivity index (χ3n) is 11.4. The van der Waals surface area contributed by atoms with Gasteiger partial charge in [0.1, 0.15) is 43.7 Å². The summed E-state index contributed by atoms with van der Waals surface area (Å²) in [5, 5.41) is 15.3. The second-order valence-electron chi connectivity index (χ2n) is 16.3. The Morgan fingerprint density at radius 2 is 1.26 bits per heavy atom. The Kier molecular flexibility index (Phi) is 16.0. The van der Waals surface area contributed by atoms with Gasteiger partial charge in [-0.3, -0.25) is 24.0 Å². The third kappa shape index (κ3) is 11.8. The van der Waals surface area contributed by atoms with Crippen molar-refractivity contribution in [1.82, 2.24) is 10.6 Å². The fourth-order valence-corrected chi connectivity index (χ4v) is 8.64. The second kappa shape index (κ2) is 22.1. The number of carbonyl (C=O) groups is 7. The Bertz CT molecular complexity index is 2280. The first-order valence-electron chi connectivity index (χ1n) is 21.7. The zero-order chi connectivity index (χ0) is 48.6. The molecule has 364 valence electrons. The Morgan fingerprint density at radius 1 is 0.662 bits per heavy atom. The molecule has 1 aliphatic carbocycles. The van der Waals surface area contributed by atoms with Crippen LogP contribution in [0.5, 0.6) is 0 Å². The number of carboxylic acids is 1. The summed E-state index contributed by atoms with van der Waals surface area (Å²) in [7, 11) is 0. The van der Waals surface area contributed by atoms with Crippen LogP contribution in [0.4, 0.5) is 4.79 Å². The van der Waals surface area contributed by atoms with E-state index in [-0.39, 0.29) is 19.1 Å². The van der Waals surface area contributed by atoms with Crippen molar-refractivity contribution in [3.63, 3.8) is 0 Å². The van der Waals surface area contributed by atoms with Gasteiger partial charge in [-0.1, -0.05) is 78.9 Å². The number of aliphatic carboxylic acids is 1. The fraction of sp³-hybridized carbons (Fsp3) is 0.468. The van der Waals surface area contributed by atoms with Gasteiger partial charge in [-0.05, 0) is 22.3 Å². The Labute approximate surface area is 389 Å². The number of esters is 4. The van der Waals surface area contributed by atoms with Gasteiger partial charge < -0.3 is 67.8 Å². The highest BCUT2D eigenvalue weighted by molar-refractivity contribution is 5.81. The summed E-state index contributed by atoms with van der Waals surface area (Å²) < 4.78 is 65.4. The van der Waals surface area contributed by atoms with Crippen LogP contribution in [0.15, 0.2) is 78.9 Å². The topological polar surface area (TPSA) is 265 Å². The van der Waals surface area contributed by atoms with E-state index in [2.05, 4.69) is 10.6 Å². The van der Waals surface area contributed by atoms with E-state index in [0.29, 0.717) is 5.56 Å². The maximum atomic E-state index is 13.3. The summed E-state index contributed by atoms with van der Waals surface area (Å²) in [4.78, 5) is 88.7. The molecule has 3 N–H and O–H groups in total. The van der Waals surface area contributed by atoms with Gasteiger partial charge in [-0.25, -0.2) is 9.59 Å². The first-order chi connectivity index (χ1) is 32.6. The second-order valence-corrected chi connectivity index (χ2v) is 16.3. The lowest BCUT2D eigenvalue weighted by Gasteiger charge is -2.51. The van der Waals surface area contributed by atoms with Gasteiger partial charge in [0.15, 0.2) is 43.2 Å². The molecule has 3 aromatic carbocycles. The number of benzene rings is 3. The number of hydrogen-bond donors (Lipinski definition) is 3. The number of hydrogen-bond acceptors (Lipinski definition) is 18. The normalized spacial score (nSPS) is 27.7. The van der Waals surface area contributed by atoms with Crippen molar-refractivity contribution >= 4 is 41.8 Å². The zero-order valence-corrected chi connectivity index (χ0v) is 37.6. The van der Waals surface area contributed by atoms with Crippen LogP contribution in [-0.4, -0.2) is 141 Å². The molecule has 3 fully saturated rings. The molecule has 3 aliphatic heterocycles. The van der Waals surface area contributed by atoms with Crippen molar-refractivity contribution in [2.45, 2.75) is 114 Å². The van der Waals surface area contributed by atoms with Crippen LogP contribution in [0.3, 0.4) is 0 Å². The average molecular weight is 949 g/mol. The largest absolute Gasteiger partial charge is 0.480 e. The molecule has 68 heavy (non-hydrogen) atoms. The van der Waals surface area contributed by atoms with Crippen LogP contribution in [0.25, 0.3) is 11.1 Å². The number of carboxylic acid groups (broad SMARTS) is 1. The number of ether oxygens (including phenoxy) is 11. The van der Waals surface area contributed by atoms with Crippen LogP contribution in [0.2, 0.25) is 0 Å². The van der Waals surface area contributed by atoms with Crippen LogP contribution in [0.1, 0.15) is 63.5 Å². The standard InChI is InChI=1S/C47H52N2O19/c1-23(50)48-37-40(68-46-42(64-27(5)54)41(63-26(4)53)39(62-25(3)52)35(66-46)21-58-24(2)51)38-36(22-60-44(67-38)28-13-7-6-8-14-28)65-45(37)59-20-34(43(55)56)49-47(57)61-19-33-31-17-11-9-15-29(31)30-16-10-12-18-32(30)33/h6-18,33-42,44-46H,19-22H2,1-5H3,(H,48,50)(H,49,57)(H,55,56)/t34-,35+,36+,37+,38-,39-,40+,41-,42+,44?,45-,46-/m0/s1. The molecule has 2 amide bonds. The van der Waals surface area contributed by atoms with Crippen molar-refractivity contribution in [2.24, 2.45) is 0 Å². The van der Waals surface area contributed by atoms with Crippen LogP contribution in [0, 0.1) is 0 Å². The van der Waals surface area contributed by atoms with Crippen LogP contribution >= 0.6 is 0 Å². The smallest absolute Gasteiger partial charge is 0.407 e. The predicted octanol–water partition coefficient (Wildman–Crippen LogP) is 2.81. The third-order valence-corrected chi connectivity index (χ3v) is 11.4. The van der Waals surface area contributed by atoms with Crippen LogP contribution < -0.4 is 10.6 Å². The van der Waals surface area contributed by atoms with E-state index in [1.165, 1.54) is 6.92 Å². The van der Waals surface area contributed by atoms with Gasteiger partial charge in [-0.2, -0.15) is 0 Å².